The van der Waals surface area contributed by atoms with Crippen molar-refractivity contribution < 1.29 is 8.42 Å². The number of nitrogens with one attached hydrogen (secondary N) is 3. The molecule has 0 bridgehead atoms. The number of hydrogen-bond acceptors (Lipinski definition) is 4. The highest BCUT2D eigenvalue weighted by Crippen LogP contribution is 2.25. The zero-order valence-electron chi connectivity index (χ0n) is 17.7. The van der Waals surface area contributed by atoms with Crippen molar-refractivity contribution in [2.75, 3.05) is 32.4 Å². The molecule has 3 rings (SSSR count). The second-order valence-electron chi connectivity index (χ2n) is 7.54. The van der Waals surface area contributed by atoms with Crippen LogP contribution in [-0.4, -0.2) is 56.4 Å². The predicted molar refractivity (Wildman–Crippen MR) is 133 cm³/mol. The van der Waals surface area contributed by atoms with E-state index in [-0.39, 0.29) is 29.7 Å². The molecule has 0 aliphatic heterocycles. The van der Waals surface area contributed by atoms with Crippen molar-refractivity contribution in [3.63, 3.8) is 0 Å². The van der Waals surface area contributed by atoms with Crippen LogP contribution in [0, 0.1) is 12.8 Å². The van der Waals surface area contributed by atoms with Crippen molar-refractivity contribution in [3.8, 4) is 0 Å². The van der Waals surface area contributed by atoms with Crippen molar-refractivity contribution >= 4 is 51.0 Å². The van der Waals surface area contributed by atoms with Crippen LogP contribution in [0.15, 0.2) is 29.3 Å². The Labute approximate surface area is 196 Å². The third-order valence-electron chi connectivity index (χ3n) is 5.40. The third kappa shape index (κ3) is 7.09. The molecule has 0 atom stereocenters. The first-order chi connectivity index (χ1) is 14.0. The van der Waals surface area contributed by atoms with Gasteiger partial charge in [0, 0.05) is 33.2 Å². The van der Waals surface area contributed by atoms with E-state index in [1.807, 2.05) is 25.1 Å². The topological polar surface area (TPSA) is 100 Å². The van der Waals surface area contributed by atoms with Crippen LogP contribution in [0.25, 0.3) is 11.0 Å². The van der Waals surface area contributed by atoms with Gasteiger partial charge < -0.3 is 15.2 Å². The number of aliphatic imine (C=N–C) groups is 1. The molecule has 2 aromatic rings. The van der Waals surface area contributed by atoms with E-state index in [1.165, 1.54) is 6.42 Å². The SMILES string of the molecule is CN=C(NCCCn1c(C)nc2ccccc21)NCCS(=O)(=O)NCC1CCC1.I. The zero-order chi connectivity index (χ0) is 20.7. The second-order valence-corrected chi connectivity index (χ2v) is 9.47. The minimum absolute atomic E-state index is 0. The lowest BCUT2D eigenvalue weighted by atomic mass is 9.86. The summed E-state index contributed by atoms with van der Waals surface area (Å²) in [6.07, 6.45) is 4.38. The highest BCUT2D eigenvalue weighted by molar-refractivity contribution is 14.0. The average molecular weight is 548 g/mol. The number of hydrogen-bond donors (Lipinski definition) is 3. The van der Waals surface area contributed by atoms with Crippen LogP contribution in [0.4, 0.5) is 0 Å². The fraction of sp³-hybridized carbons (Fsp3) is 0.600. The smallest absolute Gasteiger partial charge is 0.213 e. The van der Waals surface area contributed by atoms with Gasteiger partial charge in [0.1, 0.15) is 5.82 Å². The second kappa shape index (κ2) is 11.8. The summed E-state index contributed by atoms with van der Waals surface area (Å²) in [5.41, 5.74) is 2.16. The lowest BCUT2D eigenvalue weighted by Gasteiger charge is -2.25. The van der Waals surface area contributed by atoms with Crippen LogP contribution in [0.3, 0.4) is 0 Å². The van der Waals surface area contributed by atoms with Gasteiger partial charge in [0.25, 0.3) is 0 Å². The molecule has 0 amide bonds. The van der Waals surface area contributed by atoms with Gasteiger partial charge in [0.15, 0.2) is 5.96 Å². The van der Waals surface area contributed by atoms with Crippen molar-refractivity contribution in [2.45, 2.75) is 39.2 Å². The Morgan fingerprint density at radius 2 is 1.97 bits per heavy atom. The number of sulfonamides is 1. The molecule has 1 aliphatic carbocycles. The van der Waals surface area contributed by atoms with Gasteiger partial charge in [-0.2, -0.15) is 0 Å². The van der Waals surface area contributed by atoms with Gasteiger partial charge in [0.05, 0.1) is 16.8 Å². The van der Waals surface area contributed by atoms with E-state index in [1.54, 1.807) is 7.05 Å². The Kier molecular flexibility index (Phi) is 9.82. The number of guanidine groups is 1. The summed E-state index contributed by atoms with van der Waals surface area (Å²) in [7, 11) is -1.56. The van der Waals surface area contributed by atoms with Gasteiger partial charge in [-0.15, -0.1) is 24.0 Å². The van der Waals surface area contributed by atoms with Gasteiger partial charge >= 0.3 is 0 Å². The standard InChI is InChI=1S/C20H32N6O2S.HI/c1-16-25-18-9-3-4-10-19(18)26(16)13-6-11-22-20(21-2)23-12-14-29(27,28)24-15-17-7-5-8-17;/h3-4,9-10,17,24H,5-8,11-15H2,1-2H3,(H2,21,22,23);1H. The third-order valence-corrected chi connectivity index (χ3v) is 6.75. The van der Waals surface area contributed by atoms with E-state index in [4.69, 9.17) is 0 Å². The van der Waals surface area contributed by atoms with Crippen molar-refractivity contribution in [1.29, 1.82) is 0 Å². The van der Waals surface area contributed by atoms with Gasteiger partial charge in [-0.3, -0.25) is 4.99 Å². The highest BCUT2D eigenvalue weighted by atomic mass is 127. The average Bonchev–Trinajstić information content (AvgIpc) is 2.97. The minimum Gasteiger partial charge on any atom is -0.356 e. The fourth-order valence-electron chi connectivity index (χ4n) is 3.46. The molecule has 168 valence electrons. The molecule has 1 fully saturated rings. The molecule has 0 spiro atoms. The molecular formula is C20H33IN6O2S. The normalized spacial score (nSPS) is 14.9. The van der Waals surface area contributed by atoms with Gasteiger partial charge in [0.2, 0.25) is 10.0 Å². The number of nitrogens with zero attached hydrogens (tertiary/aromatic N) is 3. The fourth-order valence-corrected chi connectivity index (χ4v) is 4.47. The summed E-state index contributed by atoms with van der Waals surface area (Å²) < 4.78 is 29.0. The van der Waals surface area contributed by atoms with Crippen LogP contribution in [0.5, 0.6) is 0 Å². The Balaban J connectivity index is 0.00000320. The summed E-state index contributed by atoms with van der Waals surface area (Å²) in [5, 5.41) is 6.32. The van der Waals surface area contributed by atoms with E-state index in [0.717, 1.165) is 49.2 Å². The van der Waals surface area contributed by atoms with E-state index >= 15 is 0 Å². The number of imidazole rings is 1. The summed E-state index contributed by atoms with van der Waals surface area (Å²) >= 11 is 0. The van der Waals surface area contributed by atoms with Crippen molar-refractivity contribution in [1.82, 2.24) is 24.9 Å². The van der Waals surface area contributed by atoms with Crippen molar-refractivity contribution in [2.24, 2.45) is 10.9 Å². The molecule has 0 saturated heterocycles. The van der Waals surface area contributed by atoms with Crippen LogP contribution >= 0.6 is 24.0 Å². The molecule has 8 nitrogen and oxygen atoms in total. The van der Waals surface area contributed by atoms with Crippen LogP contribution < -0.4 is 15.4 Å². The van der Waals surface area contributed by atoms with E-state index in [9.17, 15) is 8.42 Å². The lowest BCUT2D eigenvalue weighted by Crippen LogP contribution is -2.42. The van der Waals surface area contributed by atoms with Gasteiger partial charge in [-0.1, -0.05) is 18.6 Å². The summed E-state index contributed by atoms with van der Waals surface area (Å²) in [4.78, 5) is 8.75. The molecule has 1 saturated carbocycles. The number of aromatic nitrogens is 2. The first-order valence-corrected chi connectivity index (χ1v) is 12.0. The Hall–Kier alpha value is -1.40. The molecule has 1 aromatic heterocycles. The Morgan fingerprint density at radius 3 is 2.67 bits per heavy atom. The molecule has 3 N–H and O–H groups in total. The number of fused-ring (bicyclic) bond motifs is 1. The summed E-state index contributed by atoms with van der Waals surface area (Å²) in [6, 6.07) is 8.14. The largest absolute Gasteiger partial charge is 0.356 e. The maximum Gasteiger partial charge on any atom is 0.213 e. The van der Waals surface area contributed by atoms with Crippen LogP contribution in [-0.2, 0) is 16.6 Å². The Bertz CT molecular complexity index is 940. The van der Waals surface area contributed by atoms with Crippen molar-refractivity contribution in [3.05, 3.63) is 30.1 Å². The molecule has 1 aromatic carbocycles. The number of halogens is 1. The number of rotatable bonds is 10. The number of para-hydroxylation sites is 2. The molecular weight excluding hydrogens is 515 g/mol. The lowest BCUT2D eigenvalue weighted by molar-refractivity contribution is 0.316. The van der Waals surface area contributed by atoms with Crippen LogP contribution in [0.1, 0.15) is 31.5 Å². The highest BCUT2D eigenvalue weighted by Gasteiger charge is 2.20. The van der Waals surface area contributed by atoms with E-state index in [2.05, 4.69) is 36.0 Å². The van der Waals surface area contributed by atoms with Crippen LogP contribution in [0.2, 0.25) is 0 Å². The zero-order valence-corrected chi connectivity index (χ0v) is 20.9. The molecule has 10 heteroatoms. The first kappa shape index (κ1) is 24.9. The molecule has 1 aliphatic rings. The quantitative estimate of drug-likeness (QED) is 0.183. The van der Waals surface area contributed by atoms with Gasteiger partial charge in [-0.25, -0.2) is 18.1 Å². The molecule has 0 radical (unpaired) electrons. The van der Waals surface area contributed by atoms with Gasteiger partial charge in [-0.05, 0) is 44.2 Å². The summed E-state index contributed by atoms with van der Waals surface area (Å²) in [5.74, 6) is 2.18. The first-order valence-electron chi connectivity index (χ1n) is 10.3. The predicted octanol–water partition coefficient (Wildman–Crippen LogP) is 2.24. The van der Waals surface area contributed by atoms with E-state index < -0.39 is 10.0 Å². The minimum atomic E-state index is -3.24. The summed E-state index contributed by atoms with van der Waals surface area (Å²) in [6.45, 7) is 4.50. The van der Waals surface area contributed by atoms with E-state index in [0.29, 0.717) is 25.0 Å². The monoisotopic (exact) mass is 548 g/mol. The maximum atomic E-state index is 12.1. The maximum absolute atomic E-state index is 12.1. The number of benzene rings is 1. The number of aryl methyl sites for hydroxylation is 2. The molecule has 30 heavy (non-hydrogen) atoms. The molecule has 1 heterocycles. The molecule has 0 unspecified atom stereocenters. The Morgan fingerprint density at radius 1 is 1.23 bits per heavy atom.